The molecule has 1 aromatic heterocycles. The molecule has 0 bridgehead atoms. The molecule has 0 aliphatic heterocycles. The number of aryl methyl sites for hydroxylation is 1. The van der Waals surface area contributed by atoms with E-state index in [1.807, 2.05) is 0 Å². The first-order valence-electron chi connectivity index (χ1n) is 4.25. The minimum absolute atomic E-state index is 0.115. The Hall–Kier alpha value is -2.38. The zero-order chi connectivity index (χ0) is 12.3. The number of nitrogens with zero attached hydrogens (tertiary/aromatic N) is 2. The SMILES string of the molecule is Cn1cc(C(=O)NCC(N)=O)c(C(=O)O)n1. The molecule has 1 aromatic rings. The van der Waals surface area contributed by atoms with E-state index < -0.39 is 17.8 Å². The normalized spacial score (nSPS) is 9.81. The van der Waals surface area contributed by atoms with E-state index in [-0.39, 0.29) is 17.8 Å². The highest BCUT2D eigenvalue weighted by Gasteiger charge is 2.20. The van der Waals surface area contributed by atoms with Crippen molar-refractivity contribution in [2.75, 3.05) is 6.54 Å². The number of hydrogen-bond acceptors (Lipinski definition) is 4. The molecular formula is C8H10N4O4. The molecule has 8 heteroatoms. The molecule has 0 aromatic carbocycles. The van der Waals surface area contributed by atoms with Gasteiger partial charge in [-0.05, 0) is 0 Å². The molecule has 0 spiro atoms. The Morgan fingerprint density at radius 1 is 1.56 bits per heavy atom. The van der Waals surface area contributed by atoms with Gasteiger partial charge in [-0.25, -0.2) is 4.79 Å². The monoisotopic (exact) mass is 226 g/mol. The summed E-state index contributed by atoms with van der Waals surface area (Å²) in [5, 5.41) is 14.5. The van der Waals surface area contributed by atoms with Crippen LogP contribution in [0.4, 0.5) is 0 Å². The van der Waals surface area contributed by atoms with Gasteiger partial charge >= 0.3 is 5.97 Å². The van der Waals surface area contributed by atoms with E-state index in [1.165, 1.54) is 17.9 Å². The quantitative estimate of drug-likeness (QED) is 0.565. The Labute approximate surface area is 90.0 Å². The summed E-state index contributed by atoms with van der Waals surface area (Å²) in [5.74, 6) is -2.73. The lowest BCUT2D eigenvalue weighted by molar-refractivity contribution is -0.117. The molecule has 0 aliphatic rings. The van der Waals surface area contributed by atoms with Gasteiger partial charge < -0.3 is 16.2 Å². The highest BCUT2D eigenvalue weighted by molar-refractivity contribution is 6.04. The van der Waals surface area contributed by atoms with Crippen molar-refractivity contribution in [1.82, 2.24) is 15.1 Å². The fourth-order valence-corrected chi connectivity index (χ4v) is 1.08. The van der Waals surface area contributed by atoms with Crippen LogP contribution in [-0.2, 0) is 11.8 Å². The first-order chi connectivity index (χ1) is 7.41. The first kappa shape index (κ1) is 11.7. The number of aromatic carboxylic acids is 1. The third-order valence-corrected chi connectivity index (χ3v) is 1.70. The highest BCUT2D eigenvalue weighted by atomic mass is 16.4. The zero-order valence-corrected chi connectivity index (χ0v) is 8.43. The Morgan fingerprint density at radius 2 is 2.19 bits per heavy atom. The van der Waals surface area contributed by atoms with Gasteiger partial charge in [0.2, 0.25) is 5.91 Å². The van der Waals surface area contributed by atoms with Crippen LogP contribution in [-0.4, -0.2) is 39.2 Å². The maximum atomic E-state index is 11.5. The van der Waals surface area contributed by atoms with Gasteiger partial charge in [-0.2, -0.15) is 5.10 Å². The number of aromatic nitrogens is 2. The third kappa shape index (κ3) is 2.56. The van der Waals surface area contributed by atoms with E-state index >= 15 is 0 Å². The van der Waals surface area contributed by atoms with Gasteiger partial charge in [0.1, 0.15) is 0 Å². The predicted octanol–water partition coefficient (Wildman–Crippen LogP) is -1.67. The van der Waals surface area contributed by atoms with Crippen molar-refractivity contribution in [1.29, 1.82) is 0 Å². The number of carboxylic acids is 1. The Morgan fingerprint density at radius 3 is 2.69 bits per heavy atom. The predicted molar refractivity (Wildman–Crippen MR) is 51.7 cm³/mol. The fourth-order valence-electron chi connectivity index (χ4n) is 1.08. The molecule has 4 N–H and O–H groups in total. The van der Waals surface area contributed by atoms with E-state index in [0.717, 1.165) is 0 Å². The van der Waals surface area contributed by atoms with Crippen LogP contribution in [0.3, 0.4) is 0 Å². The molecule has 0 aliphatic carbocycles. The van der Waals surface area contributed by atoms with Crippen LogP contribution in [0.2, 0.25) is 0 Å². The number of rotatable bonds is 4. The first-order valence-corrected chi connectivity index (χ1v) is 4.25. The van der Waals surface area contributed by atoms with Gasteiger partial charge in [0.25, 0.3) is 5.91 Å². The second kappa shape index (κ2) is 4.43. The van der Waals surface area contributed by atoms with E-state index in [1.54, 1.807) is 0 Å². The molecule has 16 heavy (non-hydrogen) atoms. The van der Waals surface area contributed by atoms with Crippen LogP contribution in [0, 0.1) is 0 Å². The number of amides is 2. The summed E-state index contributed by atoms with van der Waals surface area (Å²) in [6, 6.07) is 0. The fraction of sp³-hybridized carbons (Fsp3) is 0.250. The molecule has 0 radical (unpaired) electrons. The minimum atomic E-state index is -1.31. The van der Waals surface area contributed by atoms with Crippen molar-refractivity contribution >= 4 is 17.8 Å². The van der Waals surface area contributed by atoms with E-state index in [9.17, 15) is 14.4 Å². The van der Waals surface area contributed by atoms with E-state index in [4.69, 9.17) is 10.8 Å². The van der Waals surface area contributed by atoms with Crippen LogP contribution in [0.15, 0.2) is 6.20 Å². The minimum Gasteiger partial charge on any atom is -0.476 e. The van der Waals surface area contributed by atoms with Crippen molar-refractivity contribution in [2.45, 2.75) is 0 Å². The average molecular weight is 226 g/mol. The van der Waals surface area contributed by atoms with Crippen molar-refractivity contribution in [3.05, 3.63) is 17.5 Å². The molecule has 86 valence electrons. The van der Waals surface area contributed by atoms with Gasteiger partial charge in [0.15, 0.2) is 5.69 Å². The van der Waals surface area contributed by atoms with Crippen LogP contribution in [0.1, 0.15) is 20.8 Å². The maximum absolute atomic E-state index is 11.5. The van der Waals surface area contributed by atoms with Gasteiger partial charge in [0.05, 0.1) is 12.1 Å². The molecule has 0 atom stereocenters. The van der Waals surface area contributed by atoms with E-state index in [0.29, 0.717) is 0 Å². The number of carbonyl (C=O) groups excluding carboxylic acids is 2. The van der Waals surface area contributed by atoms with Crippen molar-refractivity contribution in [3.8, 4) is 0 Å². The van der Waals surface area contributed by atoms with Gasteiger partial charge in [-0.15, -0.1) is 0 Å². The smallest absolute Gasteiger partial charge is 0.357 e. The summed E-state index contributed by atoms with van der Waals surface area (Å²) < 4.78 is 1.20. The summed E-state index contributed by atoms with van der Waals surface area (Å²) in [6.45, 7) is -0.354. The van der Waals surface area contributed by atoms with E-state index in [2.05, 4.69) is 10.4 Å². The standard InChI is InChI=1S/C8H10N4O4/c1-12-3-4(6(11-12)8(15)16)7(14)10-2-5(9)13/h3H,2H2,1H3,(H2,9,13)(H,10,14)(H,15,16). The van der Waals surface area contributed by atoms with Crippen molar-refractivity contribution in [3.63, 3.8) is 0 Å². The summed E-state index contributed by atoms with van der Waals surface area (Å²) in [6.07, 6.45) is 1.25. The number of hydrogen-bond donors (Lipinski definition) is 3. The van der Waals surface area contributed by atoms with Crippen LogP contribution < -0.4 is 11.1 Å². The zero-order valence-electron chi connectivity index (χ0n) is 8.43. The number of nitrogens with one attached hydrogen (secondary N) is 1. The molecule has 1 rings (SSSR count). The Balaban J connectivity index is 2.90. The summed E-state index contributed by atoms with van der Waals surface area (Å²) in [4.78, 5) is 32.6. The second-order valence-corrected chi connectivity index (χ2v) is 3.02. The van der Waals surface area contributed by atoms with Gasteiger partial charge in [0, 0.05) is 13.2 Å². The van der Waals surface area contributed by atoms with Crippen LogP contribution in [0.25, 0.3) is 0 Å². The summed E-state index contributed by atoms with van der Waals surface area (Å²) >= 11 is 0. The number of carboxylic acid groups (broad SMARTS) is 1. The lowest BCUT2D eigenvalue weighted by Crippen LogP contribution is -2.33. The Bertz CT molecular complexity index is 451. The largest absolute Gasteiger partial charge is 0.476 e. The highest BCUT2D eigenvalue weighted by Crippen LogP contribution is 2.05. The summed E-state index contributed by atoms with van der Waals surface area (Å²) in [7, 11) is 1.48. The lowest BCUT2D eigenvalue weighted by atomic mass is 10.2. The summed E-state index contributed by atoms with van der Waals surface area (Å²) in [5.41, 5.74) is 4.35. The lowest BCUT2D eigenvalue weighted by Gasteiger charge is -2.00. The number of carbonyl (C=O) groups is 3. The van der Waals surface area contributed by atoms with Crippen molar-refractivity contribution in [2.24, 2.45) is 12.8 Å². The van der Waals surface area contributed by atoms with Crippen LogP contribution in [0.5, 0.6) is 0 Å². The maximum Gasteiger partial charge on any atom is 0.357 e. The number of primary amides is 1. The molecular weight excluding hydrogens is 216 g/mol. The third-order valence-electron chi connectivity index (χ3n) is 1.70. The average Bonchev–Trinajstić information content (AvgIpc) is 2.56. The van der Waals surface area contributed by atoms with Crippen molar-refractivity contribution < 1.29 is 19.5 Å². The topological polar surface area (TPSA) is 127 Å². The molecule has 0 unspecified atom stereocenters. The molecule has 0 saturated carbocycles. The van der Waals surface area contributed by atoms with Gasteiger partial charge in [-0.3, -0.25) is 14.3 Å². The molecule has 8 nitrogen and oxygen atoms in total. The molecule has 1 heterocycles. The van der Waals surface area contributed by atoms with Crippen LogP contribution >= 0.6 is 0 Å². The second-order valence-electron chi connectivity index (χ2n) is 3.02. The van der Waals surface area contributed by atoms with Gasteiger partial charge in [-0.1, -0.05) is 0 Å². The molecule has 0 fully saturated rings. The number of nitrogens with two attached hydrogens (primary N) is 1. The Kier molecular flexibility index (Phi) is 3.24. The molecule has 0 saturated heterocycles. The molecule has 2 amide bonds.